The fourth-order valence-electron chi connectivity index (χ4n) is 1.96. The van der Waals surface area contributed by atoms with Crippen molar-refractivity contribution >= 4 is 5.97 Å². The number of hydrogen-bond donors (Lipinski definition) is 0. The Hall–Kier alpha value is -1.05. The van der Waals surface area contributed by atoms with E-state index < -0.39 is 0 Å². The van der Waals surface area contributed by atoms with Crippen molar-refractivity contribution in [2.24, 2.45) is 11.8 Å². The molecular formula is C17H30O2. The van der Waals surface area contributed by atoms with Crippen LogP contribution in [0.5, 0.6) is 0 Å². The highest BCUT2D eigenvalue weighted by molar-refractivity contribution is 5.83. The molecule has 110 valence electrons. The highest BCUT2D eigenvalue weighted by Gasteiger charge is 2.02. The fourth-order valence-corrected chi connectivity index (χ4v) is 1.96. The Morgan fingerprint density at radius 3 is 2.42 bits per heavy atom. The van der Waals surface area contributed by atoms with Gasteiger partial charge in [-0.25, -0.2) is 4.79 Å². The molecule has 0 bridgehead atoms. The Morgan fingerprint density at radius 2 is 1.84 bits per heavy atom. The van der Waals surface area contributed by atoms with Gasteiger partial charge in [-0.15, -0.1) is 0 Å². The van der Waals surface area contributed by atoms with Crippen LogP contribution in [0.15, 0.2) is 23.8 Å². The van der Waals surface area contributed by atoms with Crippen molar-refractivity contribution in [2.45, 2.75) is 59.8 Å². The molecule has 0 aliphatic heterocycles. The summed E-state index contributed by atoms with van der Waals surface area (Å²) >= 11 is 0. The van der Waals surface area contributed by atoms with Crippen LogP contribution < -0.4 is 0 Å². The lowest BCUT2D eigenvalue weighted by atomic mass is 9.96. The zero-order valence-corrected chi connectivity index (χ0v) is 13.2. The van der Waals surface area contributed by atoms with Crippen LogP contribution in [0.4, 0.5) is 0 Å². The van der Waals surface area contributed by atoms with E-state index in [1.807, 2.05) is 13.0 Å². The van der Waals surface area contributed by atoms with Crippen molar-refractivity contribution in [3.05, 3.63) is 23.8 Å². The number of methoxy groups -OCH3 is 1. The number of allylic oxidation sites excluding steroid dienone is 3. The summed E-state index contributed by atoms with van der Waals surface area (Å²) in [5.41, 5.74) is 0.944. The molecule has 0 N–H and O–H groups in total. The van der Waals surface area contributed by atoms with Gasteiger partial charge in [-0.05, 0) is 37.2 Å². The van der Waals surface area contributed by atoms with Gasteiger partial charge in [0.25, 0.3) is 0 Å². The normalized spacial score (nSPS) is 14.1. The van der Waals surface area contributed by atoms with Gasteiger partial charge in [-0.3, -0.25) is 0 Å². The topological polar surface area (TPSA) is 26.3 Å². The Bertz CT molecular complexity index is 300. The van der Waals surface area contributed by atoms with E-state index in [1.165, 1.54) is 38.9 Å². The van der Waals surface area contributed by atoms with Crippen LogP contribution in [-0.2, 0) is 9.53 Å². The van der Waals surface area contributed by atoms with E-state index in [0.717, 1.165) is 23.8 Å². The summed E-state index contributed by atoms with van der Waals surface area (Å²) in [5, 5.41) is 0. The van der Waals surface area contributed by atoms with Gasteiger partial charge >= 0.3 is 5.97 Å². The van der Waals surface area contributed by atoms with Gasteiger partial charge < -0.3 is 4.74 Å². The van der Waals surface area contributed by atoms with E-state index in [4.69, 9.17) is 0 Å². The molecule has 2 heteroatoms. The fraction of sp³-hybridized carbons (Fsp3) is 0.706. The quantitative estimate of drug-likeness (QED) is 0.337. The lowest BCUT2D eigenvalue weighted by Crippen LogP contribution is -1.96. The molecule has 0 rings (SSSR count). The van der Waals surface area contributed by atoms with Crippen LogP contribution >= 0.6 is 0 Å². The second-order valence-electron chi connectivity index (χ2n) is 5.82. The van der Waals surface area contributed by atoms with Gasteiger partial charge in [0.15, 0.2) is 0 Å². The minimum Gasteiger partial charge on any atom is -0.466 e. The lowest BCUT2D eigenvalue weighted by molar-refractivity contribution is -0.134. The summed E-state index contributed by atoms with van der Waals surface area (Å²) in [5.74, 6) is 1.32. The number of ether oxygens (including phenoxy) is 1. The van der Waals surface area contributed by atoms with Gasteiger partial charge in [0.05, 0.1) is 7.11 Å². The summed E-state index contributed by atoms with van der Waals surface area (Å²) in [4.78, 5) is 11.0. The summed E-state index contributed by atoms with van der Waals surface area (Å²) < 4.78 is 4.58. The third kappa shape index (κ3) is 11.8. The van der Waals surface area contributed by atoms with Crippen molar-refractivity contribution in [3.8, 4) is 0 Å². The van der Waals surface area contributed by atoms with E-state index in [0.29, 0.717) is 0 Å². The predicted octanol–water partition coefficient (Wildman–Crippen LogP) is 4.90. The highest BCUT2D eigenvalue weighted by Crippen LogP contribution is 2.16. The summed E-state index contributed by atoms with van der Waals surface area (Å²) in [6.45, 7) is 8.80. The Labute approximate surface area is 118 Å². The summed E-state index contributed by atoms with van der Waals surface area (Å²) in [6.07, 6.45) is 12.0. The van der Waals surface area contributed by atoms with Crippen molar-refractivity contribution in [2.75, 3.05) is 7.11 Å². The standard InChI is InChI=1S/C17H30O2/c1-14(2)9-8-12-15(3)10-6-7-11-16(4)13-17(18)19-5/h7,11,13-15H,6,8-10,12H2,1-5H3/b11-7+,16-13+. The molecular weight excluding hydrogens is 236 g/mol. The lowest BCUT2D eigenvalue weighted by Gasteiger charge is -2.10. The number of rotatable bonds is 9. The molecule has 0 aromatic carbocycles. The molecule has 0 aliphatic carbocycles. The Balaban J connectivity index is 3.77. The third-order valence-electron chi connectivity index (χ3n) is 3.23. The maximum Gasteiger partial charge on any atom is 0.330 e. The molecule has 0 amide bonds. The Morgan fingerprint density at radius 1 is 1.16 bits per heavy atom. The monoisotopic (exact) mass is 266 g/mol. The van der Waals surface area contributed by atoms with Gasteiger partial charge in [0.2, 0.25) is 0 Å². The number of carbonyl (C=O) groups excluding carboxylic acids is 1. The molecule has 1 unspecified atom stereocenters. The number of carbonyl (C=O) groups is 1. The van der Waals surface area contributed by atoms with Crippen LogP contribution in [-0.4, -0.2) is 13.1 Å². The molecule has 0 spiro atoms. The Kier molecular flexibility index (Phi) is 10.2. The maximum absolute atomic E-state index is 11.0. The second kappa shape index (κ2) is 10.8. The molecule has 0 aromatic heterocycles. The van der Waals surface area contributed by atoms with Crippen LogP contribution in [0.2, 0.25) is 0 Å². The van der Waals surface area contributed by atoms with Gasteiger partial charge in [-0.1, -0.05) is 52.2 Å². The molecule has 1 atom stereocenters. The van der Waals surface area contributed by atoms with E-state index in [9.17, 15) is 4.79 Å². The molecule has 0 aliphatic rings. The van der Waals surface area contributed by atoms with Crippen LogP contribution in [0.25, 0.3) is 0 Å². The molecule has 19 heavy (non-hydrogen) atoms. The third-order valence-corrected chi connectivity index (χ3v) is 3.23. The minimum atomic E-state index is -0.288. The molecule has 0 saturated carbocycles. The molecule has 0 heterocycles. The summed E-state index contributed by atoms with van der Waals surface area (Å²) in [7, 11) is 1.40. The van der Waals surface area contributed by atoms with Crippen LogP contribution in [0, 0.1) is 11.8 Å². The SMILES string of the molecule is COC(=O)/C=C(C)/C=C/CCC(C)CCCC(C)C. The number of hydrogen-bond acceptors (Lipinski definition) is 2. The van der Waals surface area contributed by atoms with Gasteiger partial charge in [-0.2, -0.15) is 0 Å². The van der Waals surface area contributed by atoms with Gasteiger partial charge in [0, 0.05) is 6.08 Å². The molecule has 0 aromatic rings. The zero-order valence-electron chi connectivity index (χ0n) is 13.2. The van der Waals surface area contributed by atoms with E-state index in [1.54, 1.807) is 0 Å². The van der Waals surface area contributed by atoms with Crippen LogP contribution in [0.1, 0.15) is 59.8 Å². The highest BCUT2D eigenvalue weighted by atomic mass is 16.5. The van der Waals surface area contributed by atoms with E-state index in [2.05, 4.69) is 31.6 Å². The summed E-state index contributed by atoms with van der Waals surface area (Å²) in [6, 6.07) is 0. The zero-order chi connectivity index (χ0) is 14.7. The first-order valence-corrected chi connectivity index (χ1v) is 7.38. The average Bonchev–Trinajstić information content (AvgIpc) is 2.34. The smallest absolute Gasteiger partial charge is 0.330 e. The van der Waals surface area contributed by atoms with Crippen molar-refractivity contribution < 1.29 is 9.53 Å². The van der Waals surface area contributed by atoms with Crippen molar-refractivity contribution in [3.63, 3.8) is 0 Å². The number of esters is 1. The van der Waals surface area contributed by atoms with Crippen molar-refractivity contribution in [1.82, 2.24) is 0 Å². The molecule has 0 fully saturated rings. The van der Waals surface area contributed by atoms with E-state index >= 15 is 0 Å². The first-order valence-electron chi connectivity index (χ1n) is 7.38. The maximum atomic E-state index is 11.0. The molecule has 0 saturated heterocycles. The van der Waals surface area contributed by atoms with Crippen molar-refractivity contribution in [1.29, 1.82) is 0 Å². The largest absolute Gasteiger partial charge is 0.466 e. The molecule has 2 nitrogen and oxygen atoms in total. The van der Waals surface area contributed by atoms with Gasteiger partial charge in [0.1, 0.15) is 0 Å². The minimum absolute atomic E-state index is 0.288. The molecule has 0 radical (unpaired) electrons. The predicted molar refractivity (Wildman–Crippen MR) is 82.0 cm³/mol. The average molecular weight is 266 g/mol. The van der Waals surface area contributed by atoms with E-state index in [-0.39, 0.29) is 5.97 Å². The van der Waals surface area contributed by atoms with Crippen LogP contribution in [0.3, 0.4) is 0 Å². The first-order chi connectivity index (χ1) is 8.95. The second-order valence-corrected chi connectivity index (χ2v) is 5.82. The first kappa shape index (κ1) is 17.9.